The molecule has 3 atom stereocenters. The Morgan fingerprint density at radius 1 is 1.11 bits per heavy atom. The largest absolute Gasteiger partial charge is 0.494 e. The maximum Gasteiger partial charge on any atom is 0.274 e. The number of fused-ring (bicyclic) bond motifs is 4. The second-order valence-electron chi connectivity index (χ2n) is 10.5. The summed E-state index contributed by atoms with van der Waals surface area (Å²) < 4.78 is 58.6. The van der Waals surface area contributed by atoms with Crippen molar-refractivity contribution in [2.75, 3.05) is 38.5 Å². The Bertz CT molecular complexity index is 1100. The van der Waals surface area contributed by atoms with E-state index in [-0.39, 0.29) is 30.8 Å². The van der Waals surface area contributed by atoms with E-state index >= 15 is 0 Å². The molecule has 0 radical (unpaired) electrons. The van der Waals surface area contributed by atoms with E-state index in [0.717, 1.165) is 57.6 Å². The van der Waals surface area contributed by atoms with Crippen molar-refractivity contribution in [3.8, 4) is 5.75 Å². The van der Waals surface area contributed by atoms with E-state index < -0.39 is 20.2 Å². The molecular formula is C25H42N4O5S2. The Balaban J connectivity index is 1.42. The van der Waals surface area contributed by atoms with Gasteiger partial charge in [-0.3, -0.25) is 4.90 Å². The summed E-state index contributed by atoms with van der Waals surface area (Å²) in [6.07, 6.45) is 8.63. The molecule has 3 N–H and O–H groups in total. The average molecular weight is 543 g/mol. The Hall–Kier alpha value is -1.24. The number of nitrogens with two attached hydrogens (primary N) is 1. The molecule has 0 aliphatic carbocycles. The molecule has 9 nitrogen and oxygen atoms in total. The molecule has 0 bridgehead atoms. The van der Waals surface area contributed by atoms with Crippen molar-refractivity contribution < 1.29 is 21.6 Å². The fourth-order valence-electron chi connectivity index (χ4n) is 6.13. The molecule has 3 aliphatic heterocycles. The molecule has 2 fully saturated rings. The van der Waals surface area contributed by atoms with E-state index in [2.05, 4.69) is 34.7 Å². The first-order chi connectivity index (χ1) is 17.2. The quantitative estimate of drug-likeness (QED) is 0.392. The highest BCUT2D eigenvalue weighted by molar-refractivity contribution is 7.89. The van der Waals surface area contributed by atoms with Gasteiger partial charge >= 0.3 is 0 Å². The van der Waals surface area contributed by atoms with Gasteiger partial charge in [-0.1, -0.05) is 32.3 Å². The smallest absolute Gasteiger partial charge is 0.274 e. The number of rotatable bonds is 12. The summed E-state index contributed by atoms with van der Waals surface area (Å²) in [7, 11) is -7.30. The monoisotopic (exact) mass is 542 g/mol. The second-order valence-corrected chi connectivity index (χ2v) is 13.9. The summed E-state index contributed by atoms with van der Waals surface area (Å²) >= 11 is 0. The minimum atomic E-state index is -3.81. The first-order valence-corrected chi connectivity index (χ1v) is 16.6. The van der Waals surface area contributed by atoms with E-state index in [4.69, 9.17) is 9.88 Å². The summed E-state index contributed by atoms with van der Waals surface area (Å²) in [4.78, 5) is 2.54. The average Bonchev–Trinajstić information content (AvgIpc) is 2.84. The second kappa shape index (κ2) is 12.1. The minimum Gasteiger partial charge on any atom is -0.494 e. The maximum absolute atomic E-state index is 13.3. The number of hydrogen-bond donors (Lipinski definition) is 2. The summed E-state index contributed by atoms with van der Waals surface area (Å²) in [6, 6.07) is 6.65. The topological polar surface area (TPSA) is 122 Å². The third-order valence-electron chi connectivity index (χ3n) is 7.89. The highest BCUT2D eigenvalue weighted by Gasteiger charge is 2.45. The van der Waals surface area contributed by atoms with Crippen molar-refractivity contribution in [1.29, 1.82) is 0 Å². The summed E-state index contributed by atoms with van der Waals surface area (Å²) in [5, 5.41) is 4.96. The number of nitrogens with one attached hydrogen (secondary N) is 1. The van der Waals surface area contributed by atoms with E-state index in [9.17, 15) is 16.8 Å². The zero-order valence-corrected chi connectivity index (χ0v) is 23.0. The molecule has 1 aromatic rings. The molecule has 4 rings (SSSR count). The van der Waals surface area contributed by atoms with E-state index in [1.54, 1.807) is 4.31 Å². The predicted octanol–water partition coefficient (Wildman–Crippen LogP) is 2.54. The van der Waals surface area contributed by atoms with Gasteiger partial charge in [-0.05, 0) is 67.7 Å². The van der Waals surface area contributed by atoms with Gasteiger partial charge in [0.2, 0.25) is 10.0 Å². The van der Waals surface area contributed by atoms with Gasteiger partial charge in [0.05, 0.1) is 12.4 Å². The molecule has 1 aromatic carbocycles. The van der Waals surface area contributed by atoms with Crippen molar-refractivity contribution in [3.05, 3.63) is 29.3 Å². The van der Waals surface area contributed by atoms with Crippen LogP contribution in [-0.2, 0) is 26.7 Å². The van der Waals surface area contributed by atoms with Crippen LogP contribution < -0.4 is 14.6 Å². The third kappa shape index (κ3) is 6.99. The molecule has 3 aliphatic rings. The van der Waals surface area contributed by atoms with Crippen LogP contribution in [0.5, 0.6) is 5.75 Å². The number of ether oxygens (including phenoxy) is 1. The fourth-order valence-corrected chi connectivity index (χ4v) is 8.38. The van der Waals surface area contributed by atoms with Crippen molar-refractivity contribution in [2.45, 2.75) is 76.8 Å². The lowest BCUT2D eigenvalue weighted by Crippen LogP contribution is -2.57. The van der Waals surface area contributed by atoms with E-state index in [0.29, 0.717) is 12.5 Å². The predicted molar refractivity (Wildman–Crippen MR) is 141 cm³/mol. The van der Waals surface area contributed by atoms with Crippen molar-refractivity contribution in [2.24, 2.45) is 11.1 Å². The number of sulfonamides is 1. The Kier molecular flexibility index (Phi) is 9.33. The van der Waals surface area contributed by atoms with Crippen LogP contribution in [0, 0.1) is 5.92 Å². The van der Waals surface area contributed by atoms with E-state index in [1.807, 2.05) is 0 Å². The van der Waals surface area contributed by atoms with Crippen molar-refractivity contribution in [1.82, 2.24) is 13.9 Å². The summed E-state index contributed by atoms with van der Waals surface area (Å²) in [5.74, 6) is 1.19. The number of piperidine rings is 2. The Morgan fingerprint density at radius 3 is 2.72 bits per heavy atom. The minimum absolute atomic E-state index is 0.0170. The molecular weight excluding hydrogens is 500 g/mol. The van der Waals surface area contributed by atoms with Crippen molar-refractivity contribution >= 4 is 20.2 Å². The lowest BCUT2D eigenvalue weighted by Gasteiger charge is -2.51. The zero-order valence-electron chi connectivity index (χ0n) is 21.4. The molecule has 0 spiro atoms. The zero-order chi connectivity index (χ0) is 25.8. The molecule has 0 unspecified atom stereocenters. The van der Waals surface area contributed by atoms with Crippen LogP contribution in [0.2, 0.25) is 0 Å². The van der Waals surface area contributed by atoms with Crippen LogP contribution in [0.15, 0.2) is 18.2 Å². The highest BCUT2D eigenvalue weighted by atomic mass is 32.2. The Morgan fingerprint density at radius 2 is 1.94 bits per heavy atom. The SMILES string of the molecule is CCCCCCOc1ccc2c(c1)CCN1C[C@H]3CCCN(S(=O)(=O)CCCNS(N)(=O)=O)[C@H]3C[C@@H]21. The number of hydrogen-bond acceptors (Lipinski definition) is 6. The molecule has 0 amide bonds. The maximum atomic E-state index is 13.3. The van der Waals surface area contributed by atoms with E-state index in [1.165, 1.54) is 30.4 Å². The standard InChI is InChI=1S/C25H42N4O5S2/c1-2-3-4-5-15-34-22-9-10-23-20(17-22)11-14-28-19-21-8-6-13-29(24(21)18-25(23)28)35(30,31)16-7-12-27-36(26,32)33/h9-10,17,21,24-25,27H,2-8,11-16,18-19H2,1H3,(H2,26,32,33)/t21-,24+,25+/m1/s1. The summed E-state index contributed by atoms with van der Waals surface area (Å²) in [5.41, 5.74) is 2.62. The first kappa shape index (κ1) is 27.8. The molecule has 3 heterocycles. The number of unbranched alkanes of at least 4 members (excludes halogenated alkanes) is 3. The van der Waals surface area contributed by atoms with Gasteiger partial charge in [-0.15, -0.1) is 0 Å². The van der Waals surface area contributed by atoms with Gasteiger partial charge in [0, 0.05) is 38.3 Å². The van der Waals surface area contributed by atoms with Gasteiger partial charge < -0.3 is 4.74 Å². The molecule has 11 heteroatoms. The molecule has 0 saturated carbocycles. The van der Waals surface area contributed by atoms with Gasteiger partial charge in [0.15, 0.2) is 0 Å². The number of nitrogens with zero attached hydrogens (tertiary/aromatic N) is 2. The fraction of sp³-hybridized carbons (Fsp3) is 0.760. The normalized spacial score (nSPS) is 25.1. The summed E-state index contributed by atoms with van der Waals surface area (Å²) in [6.45, 7) is 5.43. The molecule has 2 saturated heterocycles. The van der Waals surface area contributed by atoms with Crippen LogP contribution in [0.4, 0.5) is 0 Å². The molecule has 36 heavy (non-hydrogen) atoms. The first-order valence-electron chi connectivity index (χ1n) is 13.4. The number of benzene rings is 1. The van der Waals surface area contributed by atoms with Crippen LogP contribution in [0.3, 0.4) is 0 Å². The molecule has 204 valence electrons. The van der Waals surface area contributed by atoms with Crippen molar-refractivity contribution in [3.63, 3.8) is 0 Å². The van der Waals surface area contributed by atoms with Gasteiger partial charge in [-0.25, -0.2) is 18.3 Å². The van der Waals surface area contributed by atoms with Crippen LogP contribution in [0.25, 0.3) is 0 Å². The molecule has 0 aromatic heterocycles. The van der Waals surface area contributed by atoms with Gasteiger partial charge in [-0.2, -0.15) is 12.7 Å². The Labute approximate surface area is 217 Å². The van der Waals surface area contributed by atoms with Crippen LogP contribution >= 0.6 is 0 Å². The van der Waals surface area contributed by atoms with Crippen LogP contribution in [0.1, 0.15) is 75.5 Å². The lowest BCUT2D eigenvalue weighted by molar-refractivity contribution is 0.0219. The highest BCUT2D eigenvalue weighted by Crippen LogP contribution is 2.44. The lowest BCUT2D eigenvalue weighted by atomic mass is 9.77. The van der Waals surface area contributed by atoms with Gasteiger partial charge in [0.25, 0.3) is 10.2 Å². The van der Waals surface area contributed by atoms with Crippen LogP contribution in [-0.4, -0.2) is 70.6 Å². The van der Waals surface area contributed by atoms with Gasteiger partial charge in [0.1, 0.15) is 5.75 Å². The third-order valence-corrected chi connectivity index (χ3v) is 10.5.